The van der Waals surface area contributed by atoms with Crippen molar-refractivity contribution >= 4 is 11.6 Å². The number of carbonyl (C=O) groups excluding carboxylic acids is 1. The average molecular weight is 296 g/mol. The van der Waals surface area contributed by atoms with E-state index in [0.29, 0.717) is 22.8 Å². The van der Waals surface area contributed by atoms with Crippen molar-refractivity contribution in [1.82, 2.24) is 19.5 Å². The fourth-order valence-electron chi connectivity index (χ4n) is 4.89. The fourth-order valence-corrected chi connectivity index (χ4v) is 4.89. The van der Waals surface area contributed by atoms with E-state index in [4.69, 9.17) is 0 Å². The molecule has 0 unspecified atom stereocenters. The summed E-state index contributed by atoms with van der Waals surface area (Å²) in [7, 11) is 1.94. The molecule has 0 saturated heterocycles. The highest BCUT2D eigenvalue weighted by atomic mass is 16.1. The van der Waals surface area contributed by atoms with Crippen LogP contribution in [0.3, 0.4) is 0 Å². The largest absolute Gasteiger partial charge is 0.352 e. The zero-order valence-corrected chi connectivity index (χ0v) is 12.7. The van der Waals surface area contributed by atoms with Gasteiger partial charge < -0.3 is 9.88 Å². The molecule has 3 aliphatic rings. The molecule has 3 aliphatic carbocycles. The van der Waals surface area contributed by atoms with E-state index in [1.54, 1.807) is 10.7 Å². The van der Waals surface area contributed by atoms with E-state index in [1.165, 1.54) is 19.3 Å². The van der Waals surface area contributed by atoms with Crippen LogP contribution in [0.2, 0.25) is 0 Å². The summed E-state index contributed by atoms with van der Waals surface area (Å²) in [5, 5.41) is 7.38. The van der Waals surface area contributed by atoms with Crippen LogP contribution in [-0.4, -0.2) is 26.6 Å². The highest BCUT2D eigenvalue weighted by molar-refractivity contribution is 5.99. The maximum Gasteiger partial charge on any atom is 0.256 e. The van der Waals surface area contributed by atoms with E-state index in [1.807, 2.05) is 24.0 Å². The molecule has 2 aromatic heterocycles. The number of carbonyl (C=O) groups is 1. The molecule has 1 amide bonds. The molecule has 0 aromatic carbocycles. The van der Waals surface area contributed by atoms with Crippen molar-refractivity contribution in [3.63, 3.8) is 0 Å². The van der Waals surface area contributed by atoms with E-state index >= 15 is 0 Å². The minimum Gasteiger partial charge on any atom is -0.352 e. The highest BCUT2D eigenvalue weighted by Gasteiger charge is 2.62. The van der Waals surface area contributed by atoms with Crippen LogP contribution >= 0.6 is 0 Å². The number of allylic oxidation sites excluding steroid dienone is 2. The first-order valence-corrected chi connectivity index (χ1v) is 8.14. The lowest BCUT2D eigenvalue weighted by molar-refractivity contribution is 0.0945. The van der Waals surface area contributed by atoms with Crippen molar-refractivity contribution in [3.8, 4) is 0 Å². The Balaban J connectivity index is 1.32. The third-order valence-corrected chi connectivity index (χ3v) is 6.15. The van der Waals surface area contributed by atoms with Gasteiger partial charge in [0.1, 0.15) is 11.2 Å². The second-order valence-corrected chi connectivity index (χ2v) is 7.19. The van der Waals surface area contributed by atoms with Crippen molar-refractivity contribution in [3.05, 3.63) is 36.3 Å². The molecule has 1 spiro atoms. The number of aryl methyl sites for hydroxylation is 1. The summed E-state index contributed by atoms with van der Waals surface area (Å²) in [6, 6.07) is 0. The van der Waals surface area contributed by atoms with Crippen LogP contribution in [0.25, 0.3) is 5.65 Å². The second kappa shape index (κ2) is 4.03. The molecule has 2 heterocycles. The van der Waals surface area contributed by atoms with Gasteiger partial charge in [-0.25, -0.2) is 4.52 Å². The molecule has 0 aliphatic heterocycles. The molecular formula is C17H20N4O. The Kier molecular flexibility index (Phi) is 2.29. The van der Waals surface area contributed by atoms with Gasteiger partial charge in [-0.2, -0.15) is 5.10 Å². The van der Waals surface area contributed by atoms with Crippen LogP contribution in [0.1, 0.15) is 29.6 Å². The fraction of sp³-hybridized carbons (Fsp3) is 0.529. The van der Waals surface area contributed by atoms with E-state index in [9.17, 15) is 4.79 Å². The predicted octanol–water partition coefficient (Wildman–Crippen LogP) is 2.00. The first-order chi connectivity index (χ1) is 10.7. The molecule has 114 valence electrons. The minimum atomic E-state index is -0.00611. The van der Waals surface area contributed by atoms with Crippen molar-refractivity contribution < 1.29 is 4.79 Å². The van der Waals surface area contributed by atoms with Gasteiger partial charge in [-0.05, 0) is 42.4 Å². The number of hydrogen-bond donors (Lipinski definition) is 1. The van der Waals surface area contributed by atoms with E-state index in [0.717, 1.165) is 18.1 Å². The molecule has 5 heteroatoms. The molecule has 2 aromatic rings. The van der Waals surface area contributed by atoms with Crippen LogP contribution in [-0.2, 0) is 7.05 Å². The molecule has 2 fully saturated rings. The molecule has 2 bridgehead atoms. The number of nitrogens with zero attached hydrogens (tertiary/aromatic N) is 3. The van der Waals surface area contributed by atoms with Gasteiger partial charge in [-0.1, -0.05) is 12.2 Å². The van der Waals surface area contributed by atoms with Crippen LogP contribution < -0.4 is 5.32 Å². The van der Waals surface area contributed by atoms with Gasteiger partial charge in [0.25, 0.3) is 5.91 Å². The third-order valence-electron chi connectivity index (χ3n) is 6.15. The van der Waals surface area contributed by atoms with E-state index in [-0.39, 0.29) is 5.91 Å². The lowest BCUT2D eigenvalue weighted by Crippen LogP contribution is -2.31. The quantitative estimate of drug-likeness (QED) is 0.881. The van der Waals surface area contributed by atoms with Crippen molar-refractivity contribution in [2.45, 2.75) is 19.3 Å². The Labute approximate surface area is 129 Å². The van der Waals surface area contributed by atoms with Gasteiger partial charge in [0.15, 0.2) is 0 Å². The third kappa shape index (κ3) is 1.49. The Bertz CT molecular complexity index is 795. The number of imidazole rings is 1. The molecule has 3 atom stereocenters. The zero-order chi connectivity index (χ0) is 14.9. The summed E-state index contributed by atoms with van der Waals surface area (Å²) >= 11 is 0. The SMILES string of the molecule is Cn1ccn2ncc(C(=O)NC[C@H]3C[C@H]4C=C[C@H]3C43CC3)c12. The second-order valence-electron chi connectivity index (χ2n) is 7.19. The van der Waals surface area contributed by atoms with Crippen LogP contribution in [0.5, 0.6) is 0 Å². The van der Waals surface area contributed by atoms with Crippen molar-refractivity contribution in [2.24, 2.45) is 30.2 Å². The molecule has 2 saturated carbocycles. The molecule has 5 rings (SSSR count). The maximum atomic E-state index is 12.5. The lowest BCUT2D eigenvalue weighted by Gasteiger charge is -2.20. The van der Waals surface area contributed by atoms with Gasteiger partial charge in [-0.15, -0.1) is 0 Å². The number of nitrogens with one attached hydrogen (secondary N) is 1. The molecule has 0 radical (unpaired) electrons. The van der Waals surface area contributed by atoms with E-state index in [2.05, 4.69) is 22.6 Å². The minimum absolute atomic E-state index is 0.00611. The Morgan fingerprint density at radius 2 is 2.27 bits per heavy atom. The van der Waals surface area contributed by atoms with E-state index < -0.39 is 0 Å². The van der Waals surface area contributed by atoms with Crippen LogP contribution in [0.4, 0.5) is 0 Å². The standard InChI is InChI=1S/C17H20N4O/c1-20-6-7-21-16(20)13(10-19-21)15(22)18-9-11-8-12-2-3-14(11)17(12)4-5-17/h2-3,6-7,10-12,14H,4-5,8-9H2,1H3,(H,18,22)/t11-,12-,14-/m1/s1. The Morgan fingerprint density at radius 3 is 3.05 bits per heavy atom. The Morgan fingerprint density at radius 1 is 1.41 bits per heavy atom. The summed E-state index contributed by atoms with van der Waals surface area (Å²) < 4.78 is 3.68. The highest BCUT2D eigenvalue weighted by Crippen LogP contribution is 2.69. The zero-order valence-electron chi connectivity index (χ0n) is 12.7. The molecular weight excluding hydrogens is 276 g/mol. The monoisotopic (exact) mass is 296 g/mol. The van der Waals surface area contributed by atoms with Crippen molar-refractivity contribution in [2.75, 3.05) is 6.54 Å². The summed E-state index contributed by atoms with van der Waals surface area (Å²) in [5.41, 5.74) is 2.11. The topological polar surface area (TPSA) is 51.3 Å². The first-order valence-electron chi connectivity index (χ1n) is 8.14. The number of hydrogen-bond acceptors (Lipinski definition) is 2. The van der Waals surface area contributed by atoms with Crippen LogP contribution in [0, 0.1) is 23.2 Å². The number of aromatic nitrogens is 3. The number of amides is 1. The average Bonchev–Trinajstić information content (AvgIpc) is 2.78. The van der Waals surface area contributed by atoms with Gasteiger partial charge in [0.05, 0.1) is 6.20 Å². The summed E-state index contributed by atoms with van der Waals surface area (Å²) in [5.74, 6) is 2.07. The normalized spacial score (nSPS) is 30.5. The molecule has 22 heavy (non-hydrogen) atoms. The van der Waals surface area contributed by atoms with Gasteiger partial charge in [0, 0.05) is 26.0 Å². The maximum absolute atomic E-state index is 12.5. The lowest BCUT2D eigenvalue weighted by atomic mass is 9.89. The number of fused-ring (bicyclic) bond motifs is 1. The molecule has 1 N–H and O–H groups in total. The summed E-state index contributed by atoms with van der Waals surface area (Å²) in [4.78, 5) is 12.5. The van der Waals surface area contributed by atoms with Gasteiger partial charge in [-0.3, -0.25) is 4.79 Å². The number of rotatable bonds is 3. The predicted molar refractivity (Wildman–Crippen MR) is 82.4 cm³/mol. The summed E-state index contributed by atoms with van der Waals surface area (Å²) in [6.07, 6.45) is 14.3. The smallest absolute Gasteiger partial charge is 0.256 e. The van der Waals surface area contributed by atoms with Crippen LogP contribution in [0.15, 0.2) is 30.7 Å². The van der Waals surface area contributed by atoms with Gasteiger partial charge >= 0.3 is 0 Å². The van der Waals surface area contributed by atoms with Gasteiger partial charge in [0.2, 0.25) is 0 Å². The Hall–Kier alpha value is -2.04. The summed E-state index contributed by atoms with van der Waals surface area (Å²) in [6.45, 7) is 0.786. The molecule has 5 nitrogen and oxygen atoms in total. The van der Waals surface area contributed by atoms with Crippen molar-refractivity contribution in [1.29, 1.82) is 0 Å². The first kappa shape index (κ1) is 12.5.